The lowest BCUT2D eigenvalue weighted by molar-refractivity contribution is -0.130. The van der Waals surface area contributed by atoms with E-state index in [9.17, 15) is 9.59 Å². The molecule has 1 saturated heterocycles. The minimum absolute atomic E-state index is 0.0439. The van der Waals surface area contributed by atoms with Crippen LogP contribution in [-0.4, -0.2) is 46.0 Å². The number of hydroxylamine groups is 1. The normalized spacial score (nSPS) is 15.5. The highest BCUT2D eigenvalue weighted by Gasteiger charge is 2.25. The number of nitrogens with one attached hydrogen (secondary N) is 2. The molecule has 1 aromatic heterocycles. The fraction of sp³-hybridized carbons (Fsp3) is 0.400. The van der Waals surface area contributed by atoms with Crippen molar-refractivity contribution >= 4 is 61.8 Å². The quantitative estimate of drug-likeness (QED) is 0.331. The number of likely N-dealkylation sites (tertiary alicyclic amines) is 1. The Labute approximate surface area is 221 Å². The number of fused-ring (bicyclic) bond motifs is 1. The van der Waals surface area contributed by atoms with Gasteiger partial charge in [0.1, 0.15) is 5.52 Å². The third kappa shape index (κ3) is 5.50. The molecule has 0 atom stereocenters. The molecular formula is C25H26BrClFN5O3. The summed E-state index contributed by atoms with van der Waals surface area (Å²) in [5.74, 6) is -0.779. The third-order valence-electron chi connectivity index (χ3n) is 6.50. The maximum absolute atomic E-state index is 15.8. The zero-order valence-corrected chi connectivity index (χ0v) is 21.9. The van der Waals surface area contributed by atoms with Crippen LogP contribution in [0.4, 0.5) is 15.8 Å². The SMILES string of the molecule is O=C(NOCC1CC1)c1cc2c(ncn2CCC(=O)N2CCCC2)c(F)c1Nc1ccc(Br)cc1Cl. The summed E-state index contributed by atoms with van der Waals surface area (Å²) in [7, 11) is 0. The average Bonchev–Trinajstić information content (AvgIpc) is 3.34. The molecule has 2 heterocycles. The van der Waals surface area contributed by atoms with E-state index in [-0.39, 0.29) is 29.1 Å². The van der Waals surface area contributed by atoms with Gasteiger partial charge in [0.2, 0.25) is 5.91 Å². The number of halogens is 3. The molecule has 0 bridgehead atoms. The molecule has 5 rings (SSSR count). The fourth-order valence-corrected chi connectivity index (χ4v) is 4.99. The zero-order chi connectivity index (χ0) is 25.2. The summed E-state index contributed by atoms with van der Waals surface area (Å²) >= 11 is 9.69. The van der Waals surface area contributed by atoms with Gasteiger partial charge in [-0.05, 0) is 55.9 Å². The summed E-state index contributed by atoms with van der Waals surface area (Å²) in [5.41, 5.74) is 3.36. The minimum Gasteiger partial charge on any atom is -0.351 e. The van der Waals surface area contributed by atoms with E-state index >= 15 is 4.39 Å². The molecule has 0 unspecified atom stereocenters. The van der Waals surface area contributed by atoms with Crippen LogP contribution in [-0.2, 0) is 16.2 Å². The van der Waals surface area contributed by atoms with Gasteiger partial charge in [-0.2, -0.15) is 0 Å². The number of hydrogen-bond acceptors (Lipinski definition) is 5. The predicted molar refractivity (Wildman–Crippen MR) is 139 cm³/mol. The van der Waals surface area contributed by atoms with Gasteiger partial charge >= 0.3 is 0 Å². The lowest BCUT2D eigenvalue weighted by Crippen LogP contribution is -2.28. The maximum atomic E-state index is 15.8. The van der Waals surface area contributed by atoms with Gasteiger partial charge in [0.05, 0.1) is 40.4 Å². The average molecular weight is 579 g/mol. The summed E-state index contributed by atoms with van der Waals surface area (Å²) in [5, 5.41) is 3.32. The van der Waals surface area contributed by atoms with Crippen molar-refractivity contribution in [3.63, 3.8) is 0 Å². The molecule has 0 radical (unpaired) electrons. The first kappa shape index (κ1) is 25.0. The van der Waals surface area contributed by atoms with Crippen LogP contribution in [0, 0.1) is 11.7 Å². The molecule has 11 heteroatoms. The summed E-state index contributed by atoms with van der Waals surface area (Å²) in [4.78, 5) is 37.1. The number of carbonyl (C=O) groups is 2. The highest BCUT2D eigenvalue weighted by molar-refractivity contribution is 9.10. The Hall–Kier alpha value is -2.69. The number of carbonyl (C=O) groups excluding carboxylic acids is 2. The second-order valence-corrected chi connectivity index (χ2v) is 10.5. The number of rotatable bonds is 9. The van der Waals surface area contributed by atoms with Crippen LogP contribution in [0.15, 0.2) is 35.1 Å². The minimum atomic E-state index is -0.691. The van der Waals surface area contributed by atoms with Gasteiger partial charge < -0.3 is 14.8 Å². The Bertz CT molecular complexity index is 1310. The van der Waals surface area contributed by atoms with Crippen molar-refractivity contribution in [2.75, 3.05) is 25.0 Å². The highest BCUT2D eigenvalue weighted by Crippen LogP contribution is 2.34. The molecule has 190 valence electrons. The molecular weight excluding hydrogens is 553 g/mol. The highest BCUT2D eigenvalue weighted by atomic mass is 79.9. The van der Waals surface area contributed by atoms with E-state index in [0.29, 0.717) is 35.3 Å². The molecule has 1 aliphatic carbocycles. The Balaban J connectivity index is 1.45. The van der Waals surface area contributed by atoms with Crippen molar-refractivity contribution in [2.45, 2.75) is 38.6 Å². The number of imidazole rings is 1. The van der Waals surface area contributed by atoms with Crippen LogP contribution < -0.4 is 10.8 Å². The zero-order valence-electron chi connectivity index (χ0n) is 19.5. The van der Waals surface area contributed by atoms with Gasteiger partial charge in [0, 0.05) is 30.5 Å². The lowest BCUT2D eigenvalue weighted by atomic mass is 10.1. The molecule has 1 aliphatic heterocycles. The third-order valence-corrected chi connectivity index (χ3v) is 7.30. The first-order valence-corrected chi connectivity index (χ1v) is 13.2. The van der Waals surface area contributed by atoms with Crippen molar-refractivity contribution < 1.29 is 18.8 Å². The predicted octanol–water partition coefficient (Wildman–Crippen LogP) is 5.42. The van der Waals surface area contributed by atoms with Gasteiger partial charge in [-0.15, -0.1) is 0 Å². The molecule has 2 aliphatic rings. The van der Waals surface area contributed by atoms with Crippen molar-refractivity contribution in [1.29, 1.82) is 0 Å². The molecule has 36 heavy (non-hydrogen) atoms. The second-order valence-electron chi connectivity index (χ2n) is 9.19. The van der Waals surface area contributed by atoms with Gasteiger partial charge in [0.25, 0.3) is 5.91 Å². The van der Waals surface area contributed by atoms with Crippen LogP contribution in [0.25, 0.3) is 11.0 Å². The van der Waals surface area contributed by atoms with Gasteiger partial charge in [-0.3, -0.25) is 14.4 Å². The van der Waals surface area contributed by atoms with Crippen molar-refractivity contribution in [2.24, 2.45) is 5.92 Å². The van der Waals surface area contributed by atoms with Crippen molar-refractivity contribution in [3.05, 3.63) is 51.5 Å². The van der Waals surface area contributed by atoms with E-state index in [1.54, 1.807) is 28.8 Å². The lowest BCUT2D eigenvalue weighted by Gasteiger charge is -2.17. The second kappa shape index (κ2) is 10.7. The smallest absolute Gasteiger partial charge is 0.277 e. The Morgan fingerprint density at radius 3 is 2.72 bits per heavy atom. The molecule has 1 saturated carbocycles. The Morgan fingerprint density at radius 2 is 2.00 bits per heavy atom. The monoisotopic (exact) mass is 577 g/mol. The summed E-state index contributed by atoms with van der Waals surface area (Å²) in [6, 6.07) is 6.68. The van der Waals surface area contributed by atoms with Crippen LogP contribution in [0.3, 0.4) is 0 Å². The van der Waals surface area contributed by atoms with E-state index in [4.69, 9.17) is 16.4 Å². The van der Waals surface area contributed by atoms with E-state index in [1.165, 1.54) is 6.33 Å². The van der Waals surface area contributed by atoms with Crippen LogP contribution in [0.2, 0.25) is 5.02 Å². The van der Waals surface area contributed by atoms with E-state index in [0.717, 1.165) is 43.2 Å². The number of benzene rings is 2. The molecule has 2 amide bonds. The topological polar surface area (TPSA) is 88.5 Å². The van der Waals surface area contributed by atoms with Crippen LogP contribution in [0.5, 0.6) is 0 Å². The Kier molecular flexibility index (Phi) is 7.45. The number of nitrogens with zero attached hydrogens (tertiary/aromatic N) is 3. The molecule has 3 aromatic rings. The number of aromatic nitrogens is 2. The van der Waals surface area contributed by atoms with Crippen LogP contribution >= 0.6 is 27.5 Å². The number of aryl methyl sites for hydroxylation is 1. The van der Waals surface area contributed by atoms with E-state index in [2.05, 4.69) is 31.7 Å². The molecule has 2 aromatic carbocycles. The first-order valence-electron chi connectivity index (χ1n) is 12.0. The number of hydrogen-bond donors (Lipinski definition) is 2. The molecule has 2 fully saturated rings. The maximum Gasteiger partial charge on any atom is 0.277 e. The molecule has 0 spiro atoms. The summed E-state index contributed by atoms with van der Waals surface area (Å²) in [6.07, 6.45) is 5.94. The standard InChI is InChI=1S/C25H26BrClFN5O3/c26-16-5-6-19(18(27)11-16)30-23-17(25(35)31-36-13-15-3-4-15)12-20-24(22(23)28)29-14-33(20)10-7-21(34)32-8-1-2-9-32/h5-6,11-12,14-15,30H,1-4,7-10,13H2,(H,31,35). The van der Waals surface area contributed by atoms with Crippen molar-refractivity contribution in [1.82, 2.24) is 19.9 Å². The molecule has 8 nitrogen and oxygen atoms in total. The fourth-order valence-electron chi connectivity index (χ4n) is 4.27. The number of anilines is 2. The van der Waals surface area contributed by atoms with Crippen molar-refractivity contribution in [3.8, 4) is 0 Å². The summed E-state index contributed by atoms with van der Waals surface area (Å²) < 4.78 is 18.3. The Morgan fingerprint density at radius 1 is 1.22 bits per heavy atom. The first-order chi connectivity index (χ1) is 17.4. The van der Waals surface area contributed by atoms with E-state index in [1.807, 2.05) is 4.90 Å². The number of amides is 2. The largest absolute Gasteiger partial charge is 0.351 e. The van der Waals surface area contributed by atoms with Crippen LogP contribution in [0.1, 0.15) is 42.5 Å². The summed E-state index contributed by atoms with van der Waals surface area (Å²) in [6.45, 7) is 2.29. The van der Waals surface area contributed by atoms with Gasteiger partial charge in [-0.1, -0.05) is 27.5 Å². The molecule has 2 N–H and O–H groups in total. The van der Waals surface area contributed by atoms with E-state index < -0.39 is 11.7 Å². The van der Waals surface area contributed by atoms with Gasteiger partial charge in [0.15, 0.2) is 5.82 Å². The van der Waals surface area contributed by atoms with Gasteiger partial charge in [-0.25, -0.2) is 14.9 Å².